The highest BCUT2D eigenvalue weighted by atomic mass is 16.1. The first-order valence-corrected chi connectivity index (χ1v) is 7.67. The van der Waals surface area contributed by atoms with Gasteiger partial charge in [-0.1, -0.05) is 63.4 Å². The van der Waals surface area contributed by atoms with Crippen molar-refractivity contribution in [3.8, 4) is 0 Å². The summed E-state index contributed by atoms with van der Waals surface area (Å²) in [5.74, 6) is -0.170. The van der Waals surface area contributed by atoms with Crippen molar-refractivity contribution in [2.75, 3.05) is 0 Å². The lowest BCUT2D eigenvalue weighted by molar-refractivity contribution is -0.125. The van der Waals surface area contributed by atoms with Gasteiger partial charge in [0.05, 0.1) is 5.92 Å². The minimum atomic E-state index is -0.251. The summed E-state index contributed by atoms with van der Waals surface area (Å²) in [6.45, 7) is 6.14. The number of amides is 1. The van der Waals surface area contributed by atoms with E-state index in [2.05, 4.69) is 19.2 Å². The third kappa shape index (κ3) is 5.33. The van der Waals surface area contributed by atoms with Gasteiger partial charge in [0.1, 0.15) is 0 Å². The van der Waals surface area contributed by atoms with Crippen LogP contribution in [0.4, 0.5) is 0 Å². The maximum Gasteiger partial charge on any atom is 0.224 e. The highest BCUT2D eigenvalue weighted by Crippen LogP contribution is 2.19. The van der Waals surface area contributed by atoms with Crippen LogP contribution < -0.4 is 11.1 Å². The second-order valence-corrected chi connectivity index (χ2v) is 5.63. The summed E-state index contributed by atoms with van der Waals surface area (Å²) >= 11 is 0. The fraction of sp³-hybridized carbons (Fsp3) is 0.588. The number of benzene rings is 1. The van der Waals surface area contributed by atoms with Crippen molar-refractivity contribution < 1.29 is 4.79 Å². The molecule has 0 aromatic heterocycles. The van der Waals surface area contributed by atoms with Crippen LogP contribution in [0.2, 0.25) is 0 Å². The van der Waals surface area contributed by atoms with Crippen LogP contribution in [-0.2, 0) is 4.79 Å². The standard InChI is InChI=1S/C17H28N2O/c1-4-5-7-10-13(2)19-17(20)14(3)16(18)15-11-8-6-9-12-15/h6,8-9,11-14,16H,4-5,7,10,18H2,1-3H3,(H,19,20). The lowest BCUT2D eigenvalue weighted by Gasteiger charge is -2.22. The molecule has 1 aromatic rings. The van der Waals surface area contributed by atoms with Gasteiger partial charge in [-0.3, -0.25) is 4.79 Å². The number of rotatable bonds is 8. The zero-order chi connectivity index (χ0) is 15.0. The molecule has 0 saturated heterocycles. The van der Waals surface area contributed by atoms with Crippen LogP contribution in [0.5, 0.6) is 0 Å². The van der Waals surface area contributed by atoms with Gasteiger partial charge in [0.2, 0.25) is 5.91 Å². The van der Waals surface area contributed by atoms with Crippen molar-refractivity contribution in [2.45, 2.75) is 58.5 Å². The van der Waals surface area contributed by atoms with Crippen LogP contribution in [0, 0.1) is 5.92 Å². The van der Waals surface area contributed by atoms with Gasteiger partial charge in [0.15, 0.2) is 0 Å². The maximum atomic E-state index is 12.2. The molecule has 1 aromatic carbocycles. The molecule has 20 heavy (non-hydrogen) atoms. The van der Waals surface area contributed by atoms with Gasteiger partial charge in [-0.25, -0.2) is 0 Å². The highest BCUT2D eigenvalue weighted by molar-refractivity contribution is 5.79. The molecular formula is C17H28N2O. The molecule has 0 aliphatic carbocycles. The molecule has 0 fully saturated rings. The first kappa shape index (κ1) is 16.7. The second kappa shape index (κ2) is 8.75. The molecule has 0 saturated carbocycles. The minimum absolute atomic E-state index is 0.0466. The number of nitrogens with one attached hydrogen (secondary N) is 1. The fourth-order valence-corrected chi connectivity index (χ4v) is 2.27. The monoisotopic (exact) mass is 276 g/mol. The zero-order valence-corrected chi connectivity index (χ0v) is 12.9. The number of hydrogen-bond donors (Lipinski definition) is 2. The van der Waals surface area contributed by atoms with Gasteiger partial charge >= 0.3 is 0 Å². The first-order chi connectivity index (χ1) is 9.56. The normalized spacial score (nSPS) is 15.4. The Morgan fingerprint density at radius 2 is 1.85 bits per heavy atom. The van der Waals surface area contributed by atoms with Gasteiger partial charge in [0.25, 0.3) is 0 Å². The number of carbonyl (C=O) groups excluding carboxylic acids is 1. The quantitative estimate of drug-likeness (QED) is 0.715. The topological polar surface area (TPSA) is 55.1 Å². The van der Waals surface area contributed by atoms with E-state index in [1.807, 2.05) is 37.3 Å². The van der Waals surface area contributed by atoms with E-state index >= 15 is 0 Å². The van der Waals surface area contributed by atoms with Crippen LogP contribution in [0.1, 0.15) is 58.1 Å². The molecule has 0 bridgehead atoms. The molecule has 3 N–H and O–H groups in total. The minimum Gasteiger partial charge on any atom is -0.353 e. The molecule has 0 spiro atoms. The van der Waals surface area contributed by atoms with Gasteiger partial charge in [0, 0.05) is 12.1 Å². The Hall–Kier alpha value is -1.35. The lowest BCUT2D eigenvalue weighted by Crippen LogP contribution is -2.40. The van der Waals surface area contributed by atoms with Crippen LogP contribution in [0.3, 0.4) is 0 Å². The summed E-state index contributed by atoms with van der Waals surface area (Å²) in [7, 11) is 0. The van der Waals surface area contributed by atoms with E-state index in [4.69, 9.17) is 5.73 Å². The molecule has 1 amide bonds. The van der Waals surface area contributed by atoms with Gasteiger partial charge in [-0.15, -0.1) is 0 Å². The average Bonchev–Trinajstić information content (AvgIpc) is 2.46. The van der Waals surface area contributed by atoms with Gasteiger partial charge in [-0.05, 0) is 18.9 Å². The van der Waals surface area contributed by atoms with E-state index in [0.717, 1.165) is 18.4 Å². The number of nitrogens with two attached hydrogens (primary N) is 1. The number of carbonyl (C=O) groups is 1. The van der Waals surface area contributed by atoms with Crippen molar-refractivity contribution in [1.82, 2.24) is 5.32 Å². The Kier molecular flexibility index (Phi) is 7.31. The van der Waals surface area contributed by atoms with Crippen LogP contribution in [-0.4, -0.2) is 11.9 Å². The maximum absolute atomic E-state index is 12.2. The molecule has 0 heterocycles. The fourth-order valence-electron chi connectivity index (χ4n) is 2.27. The smallest absolute Gasteiger partial charge is 0.224 e. The summed E-state index contributed by atoms with van der Waals surface area (Å²) in [5.41, 5.74) is 7.18. The molecule has 3 unspecified atom stereocenters. The van der Waals surface area contributed by atoms with Crippen molar-refractivity contribution in [1.29, 1.82) is 0 Å². The van der Waals surface area contributed by atoms with Gasteiger partial charge < -0.3 is 11.1 Å². The molecule has 112 valence electrons. The lowest BCUT2D eigenvalue weighted by atomic mass is 9.94. The van der Waals surface area contributed by atoms with Crippen molar-refractivity contribution in [3.63, 3.8) is 0 Å². The molecule has 3 nitrogen and oxygen atoms in total. The van der Waals surface area contributed by atoms with Crippen LogP contribution in [0.25, 0.3) is 0 Å². The Morgan fingerprint density at radius 1 is 1.20 bits per heavy atom. The summed E-state index contributed by atoms with van der Waals surface area (Å²) in [4.78, 5) is 12.2. The molecule has 0 radical (unpaired) electrons. The SMILES string of the molecule is CCCCCC(C)NC(=O)C(C)C(N)c1ccccc1. The molecule has 3 atom stereocenters. The van der Waals surface area contributed by atoms with E-state index in [1.165, 1.54) is 12.8 Å². The van der Waals surface area contributed by atoms with E-state index in [1.54, 1.807) is 0 Å². The van der Waals surface area contributed by atoms with Crippen molar-refractivity contribution in [3.05, 3.63) is 35.9 Å². The molecule has 0 aliphatic heterocycles. The largest absolute Gasteiger partial charge is 0.353 e. The summed E-state index contributed by atoms with van der Waals surface area (Å²) in [6.07, 6.45) is 4.62. The summed E-state index contributed by atoms with van der Waals surface area (Å²) in [5, 5.41) is 3.07. The second-order valence-electron chi connectivity index (χ2n) is 5.63. The molecule has 1 rings (SSSR count). The predicted octanol–water partition coefficient (Wildman–Crippen LogP) is 3.41. The first-order valence-electron chi connectivity index (χ1n) is 7.67. The third-order valence-corrected chi connectivity index (χ3v) is 3.77. The zero-order valence-electron chi connectivity index (χ0n) is 12.9. The Morgan fingerprint density at radius 3 is 2.45 bits per heavy atom. The highest BCUT2D eigenvalue weighted by Gasteiger charge is 2.22. The number of unbranched alkanes of at least 4 members (excludes halogenated alkanes) is 2. The van der Waals surface area contributed by atoms with E-state index in [9.17, 15) is 4.79 Å². The summed E-state index contributed by atoms with van der Waals surface area (Å²) in [6, 6.07) is 9.77. The third-order valence-electron chi connectivity index (χ3n) is 3.77. The van der Waals surface area contributed by atoms with Crippen LogP contribution in [0.15, 0.2) is 30.3 Å². The van der Waals surface area contributed by atoms with Crippen molar-refractivity contribution in [2.24, 2.45) is 11.7 Å². The molecule has 3 heteroatoms. The Bertz CT molecular complexity index is 391. The Balaban J connectivity index is 2.46. The van der Waals surface area contributed by atoms with E-state index in [0.29, 0.717) is 0 Å². The van der Waals surface area contributed by atoms with Crippen molar-refractivity contribution >= 4 is 5.91 Å². The van der Waals surface area contributed by atoms with Gasteiger partial charge in [-0.2, -0.15) is 0 Å². The molecular weight excluding hydrogens is 248 g/mol. The Labute approximate surface area is 122 Å². The average molecular weight is 276 g/mol. The summed E-state index contributed by atoms with van der Waals surface area (Å²) < 4.78 is 0. The number of hydrogen-bond acceptors (Lipinski definition) is 2. The molecule has 0 aliphatic rings. The van der Waals surface area contributed by atoms with E-state index in [-0.39, 0.29) is 23.9 Å². The van der Waals surface area contributed by atoms with Crippen LogP contribution >= 0.6 is 0 Å². The van der Waals surface area contributed by atoms with E-state index < -0.39 is 0 Å². The predicted molar refractivity (Wildman–Crippen MR) is 84.3 cm³/mol.